The van der Waals surface area contributed by atoms with Crippen LogP contribution in [0.4, 0.5) is 0 Å². The van der Waals surface area contributed by atoms with Gasteiger partial charge >= 0.3 is 0 Å². The lowest BCUT2D eigenvalue weighted by Gasteiger charge is -2.02. The number of hydrazone groups is 1. The van der Waals surface area contributed by atoms with Crippen molar-refractivity contribution in [2.24, 2.45) is 11.0 Å². The number of nitrogens with zero attached hydrogens (tertiary/aromatic N) is 1. The quantitative estimate of drug-likeness (QED) is 0.594. The van der Waals surface area contributed by atoms with Crippen LogP contribution in [0.5, 0.6) is 0 Å². The van der Waals surface area contributed by atoms with E-state index < -0.39 is 0 Å². The minimum Gasteiger partial charge on any atom is -0.273 e. The Labute approximate surface area is 90.2 Å². The van der Waals surface area contributed by atoms with Crippen LogP contribution in [0.2, 0.25) is 0 Å². The van der Waals surface area contributed by atoms with Crippen molar-refractivity contribution in [3.63, 3.8) is 0 Å². The third-order valence-corrected chi connectivity index (χ3v) is 2.09. The lowest BCUT2D eigenvalue weighted by molar-refractivity contribution is -0.123. The Morgan fingerprint density at radius 1 is 1.40 bits per heavy atom. The van der Waals surface area contributed by atoms with E-state index in [9.17, 15) is 4.79 Å². The highest BCUT2D eigenvalue weighted by molar-refractivity contribution is 5.84. The molecule has 1 rings (SSSR count). The molecule has 0 bridgehead atoms. The Bertz CT molecular complexity index is 370. The summed E-state index contributed by atoms with van der Waals surface area (Å²) in [4.78, 5) is 11.2. The number of nitrogens with one attached hydrogen (secondary N) is 1. The fourth-order valence-corrected chi connectivity index (χ4v) is 1.03. The summed E-state index contributed by atoms with van der Waals surface area (Å²) >= 11 is 0. The van der Waals surface area contributed by atoms with E-state index in [2.05, 4.69) is 10.5 Å². The van der Waals surface area contributed by atoms with E-state index in [4.69, 9.17) is 0 Å². The van der Waals surface area contributed by atoms with Crippen LogP contribution in [-0.4, -0.2) is 12.1 Å². The molecule has 0 spiro atoms. The van der Waals surface area contributed by atoms with Crippen LogP contribution in [0.1, 0.15) is 25.0 Å². The Morgan fingerprint density at radius 2 is 2.07 bits per heavy atom. The molecule has 1 amide bonds. The lowest BCUT2D eigenvalue weighted by Crippen LogP contribution is -2.22. The maximum absolute atomic E-state index is 11.2. The topological polar surface area (TPSA) is 41.5 Å². The Kier molecular flexibility index (Phi) is 4.03. The third kappa shape index (κ3) is 3.54. The number of amides is 1. The number of hydrogen-bond donors (Lipinski definition) is 1. The summed E-state index contributed by atoms with van der Waals surface area (Å²) in [5, 5.41) is 3.90. The molecular weight excluding hydrogens is 188 g/mol. The van der Waals surface area contributed by atoms with Crippen molar-refractivity contribution in [1.29, 1.82) is 0 Å². The molecule has 0 unspecified atom stereocenters. The second-order valence-corrected chi connectivity index (χ2v) is 3.75. The van der Waals surface area contributed by atoms with E-state index in [-0.39, 0.29) is 11.8 Å². The Morgan fingerprint density at radius 3 is 2.67 bits per heavy atom. The Balaban J connectivity index is 2.59. The summed E-state index contributed by atoms with van der Waals surface area (Å²) in [6.45, 7) is 5.67. The molecule has 0 aliphatic carbocycles. The van der Waals surface area contributed by atoms with Crippen molar-refractivity contribution in [1.82, 2.24) is 5.43 Å². The van der Waals surface area contributed by atoms with Gasteiger partial charge in [-0.2, -0.15) is 5.10 Å². The third-order valence-electron chi connectivity index (χ3n) is 2.09. The standard InChI is InChI=1S/C12H16N2O/c1-9(2)12(15)14-13-8-11-7-5-4-6-10(11)3/h4-9H,1-3H3,(H,14,15)/b13-8+. The van der Waals surface area contributed by atoms with E-state index >= 15 is 0 Å². The SMILES string of the molecule is Cc1ccccc1/C=N/NC(=O)C(C)C. The number of carbonyl (C=O) groups is 1. The molecule has 1 aromatic carbocycles. The second-order valence-electron chi connectivity index (χ2n) is 3.75. The average molecular weight is 204 g/mol. The molecule has 0 saturated carbocycles. The van der Waals surface area contributed by atoms with Crippen LogP contribution in [0.25, 0.3) is 0 Å². The number of rotatable bonds is 3. The normalized spacial score (nSPS) is 10.9. The first-order valence-corrected chi connectivity index (χ1v) is 5.00. The fourth-order valence-electron chi connectivity index (χ4n) is 1.03. The van der Waals surface area contributed by atoms with Gasteiger partial charge in [0.25, 0.3) is 0 Å². The minimum absolute atomic E-state index is 0.0426. The van der Waals surface area contributed by atoms with Gasteiger partial charge in [0.1, 0.15) is 0 Å². The van der Waals surface area contributed by atoms with Gasteiger partial charge < -0.3 is 0 Å². The monoisotopic (exact) mass is 204 g/mol. The highest BCUT2D eigenvalue weighted by atomic mass is 16.2. The maximum Gasteiger partial charge on any atom is 0.242 e. The van der Waals surface area contributed by atoms with Crippen LogP contribution in [0, 0.1) is 12.8 Å². The number of carbonyl (C=O) groups excluding carboxylic acids is 1. The maximum atomic E-state index is 11.2. The number of aryl methyl sites for hydroxylation is 1. The number of benzene rings is 1. The smallest absolute Gasteiger partial charge is 0.242 e. The molecule has 3 nitrogen and oxygen atoms in total. The van der Waals surface area contributed by atoms with E-state index in [1.807, 2.05) is 45.0 Å². The van der Waals surface area contributed by atoms with Gasteiger partial charge in [-0.25, -0.2) is 5.43 Å². The molecule has 0 radical (unpaired) electrons. The van der Waals surface area contributed by atoms with E-state index in [0.29, 0.717) is 0 Å². The van der Waals surface area contributed by atoms with Gasteiger partial charge in [-0.3, -0.25) is 4.79 Å². The van der Waals surface area contributed by atoms with Crippen molar-refractivity contribution in [2.45, 2.75) is 20.8 Å². The zero-order valence-electron chi connectivity index (χ0n) is 9.32. The molecular formula is C12H16N2O. The highest BCUT2D eigenvalue weighted by Gasteiger charge is 2.03. The predicted octanol–water partition coefficient (Wildman–Crippen LogP) is 2.10. The van der Waals surface area contributed by atoms with Crippen molar-refractivity contribution in [3.05, 3.63) is 35.4 Å². The first kappa shape index (κ1) is 11.4. The van der Waals surface area contributed by atoms with Gasteiger partial charge in [0, 0.05) is 5.92 Å². The van der Waals surface area contributed by atoms with E-state index in [1.54, 1.807) is 6.21 Å². The van der Waals surface area contributed by atoms with Crippen LogP contribution >= 0.6 is 0 Å². The summed E-state index contributed by atoms with van der Waals surface area (Å²) in [5.74, 6) is -0.112. The minimum atomic E-state index is -0.0696. The fraction of sp³-hybridized carbons (Fsp3) is 0.333. The molecule has 0 aromatic heterocycles. The van der Waals surface area contributed by atoms with E-state index in [1.165, 1.54) is 0 Å². The summed E-state index contributed by atoms with van der Waals surface area (Å²) in [6.07, 6.45) is 1.66. The lowest BCUT2D eigenvalue weighted by atomic mass is 10.1. The first-order chi connectivity index (χ1) is 7.11. The van der Waals surface area contributed by atoms with Gasteiger partial charge in [0.05, 0.1) is 6.21 Å². The predicted molar refractivity (Wildman–Crippen MR) is 61.8 cm³/mol. The second kappa shape index (κ2) is 5.29. The molecule has 80 valence electrons. The molecule has 1 aromatic rings. The molecule has 0 atom stereocenters. The molecule has 1 N–H and O–H groups in total. The average Bonchev–Trinajstić information content (AvgIpc) is 2.20. The molecule has 0 fully saturated rings. The van der Waals surface area contributed by atoms with Crippen molar-refractivity contribution >= 4 is 12.1 Å². The first-order valence-electron chi connectivity index (χ1n) is 5.00. The van der Waals surface area contributed by atoms with Crippen molar-refractivity contribution in [3.8, 4) is 0 Å². The summed E-state index contributed by atoms with van der Waals surface area (Å²) in [5.41, 5.74) is 4.64. The van der Waals surface area contributed by atoms with Crippen molar-refractivity contribution in [2.75, 3.05) is 0 Å². The molecule has 0 aliphatic rings. The Hall–Kier alpha value is -1.64. The summed E-state index contributed by atoms with van der Waals surface area (Å²) < 4.78 is 0. The number of hydrogen-bond acceptors (Lipinski definition) is 2. The zero-order valence-corrected chi connectivity index (χ0v) is 9.32. The molecule has 0 heterocycles. The molecule has 3 heteroatoms. The highest BCUT2D eigenvalue weighted by Crippen LogP contribution is 2.03. The van der Waals surface area contributed by atoms with Gasteiger partial charge in [-0.15, -0.1) is 0 Å². The molecule has 0 aliphatic heterocycles. The molecule has 0 saturated heterocycles. The zero-order chi connectivity index (χ0) is 11.3. The van der Waals surface area contributed by atoms with Gasteiger partial charge in [0.2, 0.25) is 5.91 Å². The van der Waals surface area contributed by atoms with Crippen LogP contribution in [0.3, 0.4) is 0 Å². The summed E-state index contributed by atoms with van der Waals surface area (Å²) in [6, 6.07) is 7.88. The van der Waals surface area contributed by atoms with Gasteiger partial charge in [-0.1, -0.05) is 38.1 Å². The van der Waals surface area contributed by atoms with Gasteiger partial charge in [-0.05, 0) is 18.1 Å². The summed E-state index contributed by atoms with van der Waals surface area (Å²) in [7, 11) is 0. The van der Waals surface area contributed by atoms with Crippen molar-refractivity contribution < 1.29 is 4.79 Å². The molecule has 15 heavy (non-hydrogen) atoms. The largest absolute Gasteiger partial charge is 0.273 e. The van der Waals surface area contributed by atoms with E-state index in [0.717, 1.165) is 11.1 Å². The van der Waals surface area contributed by atoms with Crippen LogP contribution in [-0.2, 0) is 4.79 Å². The van der Waals surface area contributed by atoms with Crippen LogP contribution in [0.15, 0.2) is 29.4 Å². The van der Waals surface area contributed by atoms with Gasteiger partial charge in [0.15, 0.2) is 0 Å². The van der Waals surface area contributed by atoms with Crippen LogP contribution < -0.4 is 5.43 Å².